The van der Waals surface area contributed by atoms with Gasteiger partial charge in [0.05, 0.1) is 19.5 Å². The number of nitrogens with two attached hydrogens (primary N) is 1. The average molecular weight is 938 g/mol. The van der Waals surface area contributed by atoms with Gasteiger partial charge in [0.25, 0.3) is 23.5 Å². The van der Waals surface area contributed by atoms with E-state index in [1.165, 1.54) is 13.8 Å². The molecule has 3 unspecified atom stereocenters. The van der Waals surface area contributed by atoms with Gasteiger partial charge >= 0.3 is 88.7 Å². The first kappa shape index (κ1) is 56.8. The third-order valence-electron chi connectivity index (χ3n) is 7.72. The van der Waals surface area contributed by atoms with Crippen LogP contribution in [-0.2, 0) is 45.9 Å². The fraction of sp³-hybridized carbons (Fsp3) is 0.500. The fourth-order valence-corrected chi connectivity index (χ4v) is 8.35. The van der Waals surface area contributed by atoms with Gasteiger partial charge in [-0.3, -0.25) is 32.6 Å². The van der Waals surface area contributed by atoms with Crippen LogP contribution in [0.25, 0.3) is 11.2 Å². The Morgan fingerprint density at radius 1 is 1.02 bits per heavy atom. The van der Waals surface area contributed by atoms with Gasteiger partial charge < -0.3 is 64.5 Å². The third kappa shape index (κ3) is 17.4. The molecular formula is C28H37N7Na3O17P3S. The summed E-state index contributed by atoms with van der Waals surface area (Å²) in [7, 11) is -17.3. The Morgan fingerprint density at radius 2 is 1.66 bits per heavy atom. The first-order valence-electron chi connectivity index (χ1n) is 16.1. The summed E-state index contributed by atoms with van der Waals surface area (Å²) in [5.41, 5.74) is 4.62. The normalized spacial score (nSPS) is 21.3. The number of rotatable bonds is 20. The van der Waals surface area contributed by atoms with Gasteiger partial charge in [-0.2, -0.15) is 0 Å². The van der Waals surface area contributed by atoms with E-state index in [0.29, 0.717) is 11.3 Å². The van der Waals surface area contributed by atoms with Crippen molar-refractivity contribution < 1.29 is 169 Å². The molecule has 4 rings (SSSR count). The van der Waals surface area contributed by atoms with Gasteiger partial charge in [0.2, 0.25) is 16.9 Å². The molecule has 31 heteroatoms. The summed E-state index contributed by atoms with van der Waals surface area (Å²) in [4.78, 5) is 94.2. The molecule has 3 heterocycles. The Balaban J connectivity index is 0.00000580. The molecule has 1 aliphatic heterocycles. The van der Waals surface area contributed by atoms with Crippen molar-refractivity contribution >= 4 is 69.1 Å². The number of nitrogens with one attached hydrogen (secondary N) is 2. The van der Waals surface area contributed by atoms with Crippen molar-refractivity contribution in [1.82, 2.24) is 30.2 Å². The van der Waals surface area contributed by atoms with Crippen molar-refractivity contribution in [3.8, 4) is 0 Å². The first-order valence-corrected chi connectivity index (χ1v) is 21.6. The van der Waals surface area contributed by atoms with E-state index in [0.717, 1.165) is 29.0 Å². The quantitative estimate of drug-likeness (QED) is 0.0348. The predicted octanol–water partition coefficient (Wildman–Crippen LogP) is -10.9. The maximum atomic E-state index is 12.5. The summed E-state index contributed by atoms with van der Waals surface area (Å²) < 4.78 is 60.8. The Hall–Kier alpha value is -0.220. The number of carbonyl (C=O) groups excluding carboxylic acids is 3. The summed E-state index contributed by atoms with van der Waals surface area (Å²) in [6, 6.07) is 8.55. The largest absolute Gasteiger partial charge is 1.00 e. The minimum absolute atomic E-state index is 0. The molecule has 7 N–H and O–H groups in total. The zero-order valence-electron chi connectivity index (χ0n) is 32.3. The van der Waals surface area contributed by atoms with E-state index in [1.807, 2.05) is 0 Å². The van der Waals surface area contributed by atoms with Crippen molar-refractivity contribution in [3.63, 3.8) is 0 Å². The zero-order valence-corrected chi connectivity index (χ0v) is 41.8. The number of thioether (sulfide) groups is 1. The Morgan fingerprint density at radius 3 is 2.31 bits per heavy atom. The molecule has 1 saturated heterocycles. The number of fused-ring (bicyclic) bond motifs is 1. The number of aliphatic hydroxyl groups excluding tert-OH is 2. The number of amides is 2. The number of anilines is 1. The van der Waals surface area contributed by atoms with Gasteiger partial charge in [-0.15, -0.1) is 0 Å². The number of carbonyl (C=O) groups is 3. The number of imidazole rings is 1. The number of benzene rings is 1. The average Bonchev–Trinajstić information content (AvgIpc) is 3.68. The fourth-order valence-electron chi connectivity index (χ4n) is 4.91. The standard InChI is InChI=1S/C28H40N7O17P3S.3Na/c1-28(2,22(38)25(39)31-9-8-18(36)30-10-11-56-27(40)16-6-4-3-5-7-16)13-49-55(46,47)52-54(44,45)48-12-17-21(51-53(41,42)43)20(37)26(50-17)35-15-34-19-23(29)32-14-33-24(19)35;;;/h3-7,14-15,17,20-22,26,37-38H,8-13H2,1-2H3,(H,30,36)(H,31,39)(H,44,45)(H,46,47)(H2,29,32,33)(H2,41,42,43);;;/q;3*+1/p-3/t17-,20-,21-,22+,26-;;;/m1.../s1. The van der Waals surface area contributed by atoms with Crippen molar-refractivity contribution in [2.45, 2.75) is 50.9 Å². The summed E-state index contributed by atoms with van der Waals surface area (Å²) in [5, 5.41) is 26.1. The van der Waals surface area contributed by atoms with Crippen LogP contribution in [0.1, 0.15) is 36.9 Å². The maximum absolute atomic E-state index is 12.5. The number of phosphoric ester groups is 3. The van der Waals surface area contributed by atoms with Crippen LogP contribution >= 0.6 is 35.2 Å². The van der Waals surface area contributed by atoms with Gasteiger partial charge in [0, 0.05) is 36.2 Å². The Kier molecular flexibility index (Phi) is 23.8. The summed E-state index contributed by atoms with van der Waals surface area (Å²) in [6.07, 6.45) is -7.41. The monoisotopic (exact) mass is 937 g/mol. The number of hydrogen-bond donors (Lipinski definition) is 6. The minimum atomic E-state index is -5.90. The Bertz CT molecular complexity index is 2020. The molecule has 3 aromatic rings. The molecule has 59 heavy (non-hydrogen) atoms. The van der Waals surface area contributed by atoms with Crippen LogP contribution in [0.15, 0.2) is 43.0 Å². The molecule has 310 valence electrons. The van der Waals surface area contributed by atoms with E-state index in [9.17, 15) is 57.9 Å². The second-order valence-corrected chi connectivity index (χ2v) is 17.7. The number of phosphoric acid groups is 3. The molecular weight excluding hydrogens is 900 g/mol. The van der Waals surface area contributed by atoms with Crippen LogP contribution in [-0.4, -0.2) is 108 Å². The summed E-state index contributed by atoms with van der Waals surface area (Å²) in [6.45, 7) is 0.0993. The topological polar surface area (TPSA) is 372 Å². The first-order chi connectivity index (χ1) is 26.1. The van der Waals surface area contributed by atoms with Gasteiger partial charge in [-0.25, -0.2) is 19.3 Å². The maximum Gasteiger partial charge on any atom is 1.00 e. The third-order valence-corrected chi connectivity index (χ3v) is 11.7. The molecule has 8 atom stereocenters. The molecule has 0 bridgehead atoms. The van der Waals surface area contributed by atoms with Crippen LogP contribution in [0.5, 0.6) is 0 Å². The number of ether oxygens (including phenoxy) is 1. The SMILES string of the molecule is CC(C)(COP(=O)([O-])OP(=O)([O-])OC[C@H]1O[C@@H](n2cnc3c(N)ncnc32)[C@H](O)[C@@H]1OP(=O)([O-])O)[C@@H](O)C(=O)NCCC(=O)NCCSC(=O)c1ccccc1.[Na+].[Na+].[Na+]. The molecule has 1 aromatic carbocycles. The number of aliphatic hydroxyl groups is 2. The molecule has 1 aliphatic rings. The van der Waals surface area contributed by atoms with Gasteiger partial charge in [-0.05, 0) is 0 Å². The van der Waals surface area contributed by atoms with Crippen LogP contribution in [0.2, 0.25) is 0 Å². The molecule has 0 radical (unpaired) electrons. The second-order valence-electron chi connectivity index (χ2n) is 12.5. The van der Waals surface area contributed by atoms with Crippen molar-refractivity contribution in [1.29, 1.82) is 0 Å². The molecule has 24 nitrogen and oxygen atoms in total. The van der Waals surface area contributed by atoms with E-state index in [2.05, 4.69) is 43.5 Å². The minimum Gasteiger partial charge on any atom is -0.756 e. The van der Waals surface area contributed by atoms with Crippen LogP contribution in [0, 0.1) is 5.41 Å². The van der Waals surface area contributed by atoms with Crippen molar-refractivity contribution in [3.05, 3.63) is 48.5 Å². The zero-order chi connectivity index (χ0) is 41.5. The molecule has 0 aliphatic carbocycles. The van der Waals surface area contributed by atoms with Crippen LogP contribution in [0.3, 0.4) is 0 Å². The van der Waals surface area contributed by atoms with E-state index in [1.54, 1.807) is 30.3 Å². The van der Waals surface area contributed by atoms with E-state index < -0.39 is 84.6 Å². The molecule has 0 saturated carbocycles. The van der Waals surface area contributed by atoms with Crippen molar-refractivity contribution in [2.24, 2.45) is 5.41 Å². The number of aromatic nitrogens is 4. The summed E-state index contributed by atoms with van der Waals surface area (Å²) >= 11 is 1.01. The second kappa shape index (κ2) is 24.7. The molecule has 2 amide bonds. The number of nitrogen functional groups attached to an aromatic ring is 1. The molecule has 0 spiro atoms. The molecule has 1 fully saturated rings. The van der Waals surface area contributed by atoms with Gasteiger partial charge in [0.1, 0.15) is 36.3 Å². The van der Waals surface area contributed by atoms with Crippen LogP contribution in [0.4, 0.5) is 5.82 Å². The van der Waals surface area contributed by atoms with Crippen molar-refractivity contribution in [2.75, 3.05) is 37.8 Å². The predicted molar refractivity (Wildman–Crippen MR) is 186 cm³/mol. The van der Waals surface area contributed by atoms with Gasteiger partial charge in [0.15, 0.2) is 17.7 Å². The van der Waals surface area contributed by atoms with E-state index in [4.69, 9.17) is 10.5 Å². The number of hydrogen-bond acceptors (Lipinski definition) is 21. The van der Waals surface area contributed by atoms with Crippen LogP contribution < -0.4 is 120 Å². The smallest absolute Gasteiger partial charge is 0.756 e. The summed E-state index contributed by atoms with van der Waals surface area (Å²) in [5.74, 6) is -1.26. The van der Waals surface area contributed by atoms with Gasteiger partial charge in [-0.1, -0.05) is 55.9 Å². The van der Waals surface area contributed by atoms with E-state index in [-0.39, 0.29) is 130 Å². The Labute approximate surface area is 407 Å². The molecule has 2 aromatic heterocycles. The van der Waals surface area contributed by atoms with E-state index >= 15 is 0 Å². The number of nitrogens with zero attached hydrogens (tertiary/aromatic N) is 4.